The van der Waals surface area contributed by atoms with Crippen molar-refractivity contribution in [3.63, 3.8) is 0 Å². The van der Waals surface area contributed by atoms with E-state index in [0.29, 0.717) is 5.92 Å². The van der Waals surface area contributed by atoms with Crippen molar-refractivity contribution in [1.29, 1.82) is 0 Å². The fraction of sp³-hybridized carbons (Fsp3) is 0.667. The van der Waals surface area contributed by atoms with Crippen molar-refractivity contribution in [2.24, 2.45) is 5.92 Å². The predicted octanol–water partition coefficient (Wildman–Crippen LogP) is 2.33. The second-order valence-corrected chi connectivity index (χ2v) is 6.50. The molecule has 3 rings (SSSR count). The van der Waals surface area contributed by atoms with Crippen LogP contribution in [0, 0.1) is 5.92 Å². The molecule has 2 fully saturated rings. The van der Waals surface area contributed by atoms with Crippen LogP contribution in [0.4, 0.5) is 5.82 Å². The third-order valence-electron chi connectivity index (χ3n) is 4.96. The zero-order chi connectivity index (χ0) is 16.1. The van der Waals surface area contributed by atoms with E-state index in [2.05, 4.69) is 22.9 Å². The lowest BCUT2D eigenvalue weighted by molar-refractivity contribution is -0.141. The van der Waals surface area contributed by atoms with Gasteiger partial charge in [-0.15, -0.1) is 0 Å². The predicted molar refractivity (Wildman–Crippen MR) is 90.4 cm³/mol. The molecule has 0 saturated carbocycles. The molecule has 0 N–H and O–H groups in total. The van der Waals surface area contributed by atoms with Crippen LogP contribution in [0.2, 0.25) is 0 Å². The van der Waals surface area contributed by atoms with E-state index in [1.807, 2.05) is 23.2 Å². The highest BCUT2D eigenvalue weighted by Gasteiger charge is 2.30. The number of nitrogens with zero attached hydrogens (tertiary/aromatic N) is 3. The smallest absolute Gasteiger partial charge is 0.251 e. The van der Waals surface area contributed by atoms with Crippen molar-refractivity contribution in [2.45, 2.75) is 38.7 Å². The van der Waals surface area contributed by atoms with Crippen LogP contribution < -0.4 is 4.90 Å². The number of anilines is 1. The van der Waals surface area contributed by atoms with Crippen LogP contribution in [0.25, 0.3) is 0 Å². The number of carbonyl (C=O) groups excluding carboxylic acids is 1. The summed E-state index contributed by atoms with van der Waals surface area (Å²) in [6.45, 7) is 6.48. The molecule has 3 heterocycles. The topological polar surface area (TPSA) is 45.7 Å². The number of carbonyl (C=O) groups is 1. The Morgan fingerprint density at radius 2 is 2.17 bits per heavy atom. The van der Waals surface area contributed by atoms with Gasteiger partial charge in [-0.25, -0.2) is 4.98 Å². The summed E-state index contributed by atoms with van der Waals surface area (Å²) in [4.78, 5) is 21.3. The molecule has 1 amide bonds. The highest BCUT2D eigenvalue weighted by molar-refractivity contribution is 5.81. The number of ether oxygens (including phenoxy) is 1. The van der Waals surface area contributed by atoms with E-state index in [1.165, 1.54) is 0 Å². The van der Waals surface area contributed by atoms with Crippen LogP contribution in [0.1, 0.15) is 32.6 Å². The first-order valence-electron chi connectivity index (χ1n) is 8.84. The van der Waals surface area contributed by atoms with Gasteiger partial charge in [0.1, 0.15) is 11.9 Å². The second kappa shape index (κ2) is 7.77. The summed E-state index contributed by atoms with van der Waals surface area (Å²) in [7, 11) is 0. The van der Waals surface area contributed by atoms with Gasteiger partial charge >= 0.3 is 0 Å². The van der Waals surface area contributed by atoms with Crippen molar-refractivity contribution in [2.75, 3.05) is 37.7 Å². The van der Waals surface area contributed by atoms with Crippen molar-refractivity contribution in [3.8, 4) is 0 Å². The summed E-state index contributed by atoms with van der Waals surface area (Å²) in [6.07, 6.45) is 5.78. The number of rotatable bonds is 5. The molecule has 5 heteroatoms. The molecule has 0 aromatic carbocycles. The molecule has 0 bridgehead atoms. The monoisotopic (exact) mass is 317 g/mol. The number of amides is 1. The van der Waals surface area contributed by atoms with Crippen molar-refractivity contribution in [1.82, 2.24) is 9.88 Å². The van der Waals surface area contributed by atoms with E-state index in [1.54, 1.807) is 0 Å². The molecule has 5 nitrogen and oxygen atoms in total. The Morgan fingerprint density at radius 1 is 1.35 bits per heavy atom. The maximum atomic E-state index is 12.5. The molecule has 126 valence electrons. The quantitative estimate of drug-likeness (QED) is 0.836. The SMILES string of the molecule is CCN(CC1CCN(c2ccccn2)CC1)C(=O)[C@@H]1CCCO1. The van der Waals surface area contributed by atoms with E-state index in [4.69, 9.17) is 4.74 Å². The van der Waals surface area contributed by atoms with Gasteiger partial charge in [0.05, 0.1) is 0 Å². The zero-order valence-corrected chi connectivity index (χ0v) is 14.0. The maximum Gasteiger partial charge on any atom is 0.251 e. The summed E-state index contributed by atoms with van der Waals surface area (Å²) in [6, 6.07) is 6.05. The Bertz CT molecular complexity index is 494. The van der Waals surface area contributed by atoms with Gasteiger partial charge in [-0.2, -0.15) is 0 Å². The standard InChI is InChI=1S/C18H27N3O2/c1-2-20(18(22)16-6-5-13-23-16)14-15-8-11-21(12-9-15)17-7-3-4-10-19-17/h3-4,7,10,15-16H,2,5-6,8-9,11-14H2,1H3/t16-/m0/s1. The summed E-state index contributed by atoms with van der Waals surface area (Å²) < 4.78 is 5.55. The molecule has 1 aromatic heterocycles. The lowest BCUT2D eigenvalue weighted by Gasteiger charge is -2.35. The second-order valence-electron chi connectivity index (χ2n) is 6.50. The normalized spacial score (nSPS) is 22.3. The summed E-state index contributed by atoms with van der Waals surface area (Å²) in [5.74, 6) is 1.84. The van der Waals surface area contributed by atoms with Gasteiger partial charge in [0.25, 0.3) is 5.91 Å². The third kappa shape index (κ3) is 4.02. The fourth-order valence-corrected chi connectivity index (χ4v) is 3.55. The highest BCUT2D eigenvalue weighted by atomic mass is 16.5. The van der Waals surface area contributed by atoms with E-state index < -0.39 is 0 Å². The third-order valence-corrected chi connectivity index (χ3v) is 4.96. The molecule has 2 aliphatic heterocycles. The van der Waals surface area contributed by atoms with E-state index >= 15 is 0 Å². The number of piperidine rings is 1. The fourth-order valence-electron chi connectivity index (χ4n) is 3.55. The van der Waals surface area contributed by atoms with Gasteiger partial charge in [-0.3, -0.25) is 4.79 Å². The molecular formula is C18H27N3O2. The van der Waals surface area contributed by atoms with Crippen LogP contribution in [0.5, 0.6) is 0 Å². The van der Waals surface area contributed by atoms with Crippen LogP contribution >= 0.6 is 0 Å². The minimum atomic E-state index is -0.191. The molecule has 0 radical (unpaired) electrons. The molecule has 0 unspecified atom stereocenters. The summed E-state index contributed by atoms with van der Waals surface area (Å²) in [5.41, 5.74) is 0. The molecule has 2 saturated heterocycles. The number of hydrogen-bond donors (Lipinski definition) is 0. The van der Waals surface area contributed by atoms with Crippen molar-refractivity contribution in [3.05, 3.63) is 24.4 Å². The lowest BCUT2D eigenvalue weighted by atomic mass is 9.96. The number of aromatic nitrogens is 1. The number of likely N-dealkylation sites (N-methyl/N-ethyl adjacent to an activating group) is 1. The highest BCUT2D eigenvalue weighted by Crippen LogP contribution is 2.23. The molecule has 1 atom stereocenters. The Kier molecular flexibility index (Phi) is 5.49. The van der Waals surface area contributed by atoms with Crippen LogP contribution in [0.15, 0.2) is 24.4 Å². The van der Waals surface area contributed by atoms with Crippen LogP contribution in [-0.4, -0.2) is 54.7 Å². The first-order valence-corrected chi connectivity index (χ1v) is 8.84. The van der Waals surface area contributed by atoms with Crippen LogP contribution in [-0.2, 0) is 9.53 Å². The summed E-state index contributed by atoms with van der Waals surface area (Å²) >= 11 is 0. The molecule has 0 aliphatic carbocycles. The van der Waals surface area contributed by atoms with Crippen LogP contribution in [0.3, 0.4) is 0 Å². The number of hydrogen-bond acceptors (Lipinski definition) is 4. The van der Waals surface area contributed by atoms with Gasteiger partial charge in [-0.05, 0) is 50.7 Å². The Labute approximate surface area is 138 Å². The van der Waals surface area contributed by atoms with Crippen molar-refractivity contribution < 1.29 is 9.53 Å². The van der Waals surface area contributed by atoms with Gasteiger partial charge < -0.3 is 14.5 Å². The lowest BCUT2D eigenvalue weighted by Crippen LogP contribution is -2.44. The van der Waals surface area contributed by atoms with Gasteiger partial charge in [-0.1, -0.05) is 6.07 Å². The van der Waals surface area contributed by atoms with E-state index in [9.17, 15) is 4.79 Å². The van der Waals surface area contributed by atoms with E-state index in [-0.39, 0.29) is 12.0 Å². The molecule has 2 aliphatic rings. The Hall–Kier alpha value is -1.62. The summed E-state index contributed by atoms with van der Waals surface area (Å²) in [5, 5.41) is 0. The average molecular weight is 317 g/mol. The molecule has 0 spiro atoms. The van der Waals surface area contributed by atoms with Gasteiger partial charge in [0.15, 0.2) is 0 Å². The van der Waals surface area contributed by atoms with Gasteiger partial charge in [0.2, 0.25) is 0 Å². The minimum Gasteiger partial charge on any atom is -0.368 e. The van der Waals surface area contributed by atoms with Gasteiger partial charge in [0, 0.05) is 39.0 Å². The number of pyridine rings is 1. The maximum absolute atomic E-state index is 12.5. The molecule has 1 aromatic rings. The first kappa shape index (κ1) is 16.2. The van der Waals surface area contributed by atoms with Crippen molar-refractivity contribution >= 4 is 11.7 Å². The van der Waals surface area contributed by atoms with E-state index in [0.717, 1.165) is 64.3 Å². The Balaban J connectivity index is 1.50. The average Bonchev–Trinajstić information content (AvgIpc) is 3.15. The Morgan fingerprint density at radius 3 is 2.78 bits per heavy atom. The molecule has 23 heavy (non-hydrogen) atoms. The largest absolute Gasteiger partial charge is 0.368 e. The first-order chi connectivity index (χ1) is 11.3. The zero-order valence-electron chi connectivity index (χ0n) is 14.0. The minimum absolute atomic E-state index is 0.191. The molecular weight excluding hydrogens is 290 g/mol.